The van der Waals surface area contributed by atoms with Crippen molar-refractivity contribution >= 4 is 5.71 Å². The number of fused-ring (bicyclic) bond motifs is 1. The molecule has 0 N–H and O–H groups in total. The molecule has 0 heterocycles. The molecule has 0 saturated heterocycles. The van der Waals surface area contributed by atoms with Crippen molar-refractivity contribution in [1.29, 1.82) is 0 Å². The van der Waals surface area contributed by atoms with Crippen molar-refractivity contribution in [3.63, 3.8) is 0 Å². The van der Waals surface area contributed by atoms with Crippen LogP contribution in [0.25, 0.3) is 0 Å². The summed E-state index contributed by atoms with van der Waals surface area (Å²) in [5.74, 6) is 0.484. The topological polar surface area (TPSA) is 21.6 Å². The lowest BCUT2D eigenvalue weighted by Gasteiger charge is -2.29. The summed E-state index contributed by atoms with van der Waals surface area (Å²) in [5.41, 5.74) is 3.98. The lowest BCUT2D eigenvalue weighted by atomic mass is 9.75. The molecular formula is C14H19NO. The molecule has 0 saturated carbocycles. The molecule has 2 nitrogen and oxygen atoms in total. The maximum absolute atomic E-state index is 5.30. The van der Waals surface area contributed by atoms with Crippen LogP contribution in [-0.4, -0.2) is 12.3 Å². The summed E-state index contributed by atoms with van der Waals surface area (Å²) in [6.45, 7) is 4.96. The average molecular weight is 217 g/mol. The Bertz CT molecular complexity index is 384. The first-order valence-corrected chi connectivity index (χ1v) is 6.07. The quantitative estimate of drug-likeness (QED) is 0.420. The molecule has 16 heavy (non-hydrogen) atoms. The monoisotopic (exact) mass is 217 g/mol. The van der Waals surface area contributed by atoms with Crippen LogP contribution in [0.4, 0.5) is 0 Å². The first kappa shape index (κ1) is 11.2. The number of unbranched alkanes of at least 4 members (excludes halogenated alkanes) is 1. The molecule has 1 aromatic carbocycles. The zero-order chi connectivity index (χ0) is 11.4. The van der Waals surface area contributed by atoms with E-state index >= 15 is 0 Å². The van der Waals surface area contributed by atoms with Gasteiger partial charge in [0.1, 0.15) is 6.61 Å². The van der Waals surface area contributed by atoms with Crippen LogP contribution in [0, 0.1) is 0 Å². The highest BCUT2D eigenvalue weighted by molar-refractivity contribution is 5.91. The van der Waals surface area contributed by atoms with Crippen LogP contribution in [0.15, 0.2) is 29.4 Å². The summed E-state index contributed by atoms with van der Waals surface area (Å²) >= 11 is 0. The van der Waals surface area contributed by atoms with Gasteiger partial charge in [0, 0.05) is 5.92 Å². The lowest BCUT2D eigenvalue weighted by Crippen LogP contribution is -2.23. The fraction of sp³-hybridized carbons (Fsp3) is 0.500. The van der Waals surface area contributed by atoms with Gasteiger partial charge in [-0.05, 0) is 30.9 Å². The Morgan fingerprint density at radius 3 is 3.00 bits per heavy atom. The smallest absolute Gasteiger partial charge is 0.117 e. The van der Waals surface area contributed by atoms with Crippen LogP contribution in [0.3, 0.4) is 0 Å². The minimum atomic E-state index is 0.484. The summed E-state index contributed by atoms with van der Waals surface area (Å²) in [6, 6.07) is 8.57. The van der Waals surface area contributed by atoms with Gasteiger partial charge in [-0.25, -0.2) is 0 Å². The summed E-state index contributed by atoms with van der Waals surface area (Å²) < 4.78 is 0. The van der Waals surface area contributed by atoms with Crippen molar-refractivity contribution in [2.24, 2.45) is 5.16 Å². The third-order valence-electron chi connectivity index (χ3n) is 3.16. The molecule has 1 aromatic rings. The summed E-state index contributed by atoms with van der Waals surface area (Å²) in [4.78, 5) is 5.30. The van der Waals surface area contributed by atoms with Crippen LogP contribution in [0.2, 0.25) is 0 Å². The van der Waals surface area contributed by atoms with E-state index in [0.717, 1.165) is 31.6 Å². The van der Waals surface area contributed by atoms with Crippen molar-refractivity contribution in [3.05, 3.63) is 35.4 Å². The van der Waals surface area contributed by atoms with Gasteiger partial charge in [-0.2, -0.15) is 0 Å². The minimum absolute atomic E-state index is 0.484. The van der Waals surface area contributed by atoms with Crippen molar-refractivity contribution in [2.75, 3.05) is 6.61 Å². The molecule has 0 aromatic heterocycles. The Kier molecular flexibility index (Phi) is 3.60. The Morgan fingerprint density at radius 2 is 2.25 bits per heavy atom. The van der Waals surface area contributed by atoms with Gasteiger partial charge in [-0.1, -0.05) is 42.8 Å². The maximum atomic E-state index is 5.30. The van der Waals surface area contributed by atoms with E-state index < -0.39 is 0 Å². The van der Waals surface area contributed by atoms with E-state index in [9.17, 15) is 0 Å². The van der Waals surface area contributed by atoms with Gasteiger partial charge in [0.05, 0.1) is 5.71 Å². The molecule has 0 bridgehead atoms. The van der Waals surface area contributed by atoms with Crippen LogP contribution in [0.1, 0.15) is 43.7 Å². The van der Waals surface area contributed by atoms with Gasteiger partial charge < -0.3 is 4.84 Å². The number of hydrogen-bond acceptors (Lipinski definition) is 2. The van der Waals surface area contributed by atoms with Gasteiger partial charge >= 0.3 is 0 Å². The first-order valence-electron chi connectivity index (χ1n) is 6.07. The Labute approximate surface area is 97.3 Å². The largest absolute Gasteiger partial charge is 0.396 e. The van der Waals surface area contributed by atoms with Crippen LogP contribution >= 0.6 is 0 Å². The molecule has 1 aliphatic carbocycles. The van der Waals surface area contributed by atoms with Crippen molar-refractivity contribution in [3.8, 4) is 0 Å². The van der Waals surface area contributed by atoms with E-state index in [1.165, 1.54) is 11.1 Å². The van der Waals surface area contributed by atoms with Gasteiger partial charge in [-0.15, -0.1) is 0 Å². The molecule has 0 fully saturated rings. The predicted molar refractivity (Wildman–Crippen MR) is 66.9 cm³/mol. The van der Waals surface area contributed by atoms with Crippen molar-refractivity contribution in [2.45, 2.75) is 39.0 Å². The van der Waals surface area contributed by atoms with E-state index in [4.69, 9.17) is 4.84 Å². The molecule has 86 valence electrons. The molecule has 0 spiro atoms. The van der Waals surface area contributed by atoms with Gasteiger partial charge in [0.2, 0.25) is 0 Å². The molecule has 1 atom stereocenters. The third-order valence-corrected chi connectivity index (χ3v) is 3.16. The number of benzene rings is 1. The highest BCUT2D eigenvalue weighted by Crippen LogP contribution is 2.35. The number of oxime groups is 1. The molecule has 0 amide bonds. The summed E-state index contributed by atoms with van der Waals surface area (Å²) in [6.07, 6.45) is 3.35. The Morgan fingerprint density at radius 1 is 1.44 bits per heavy atom. The molecule has 2 heteroatoms. The highest BCUT2D eigenvalue weighted by Gasteiger charge is 2.27. The van der Waals surface area contributed by atoms with Gasteiger partial charge in [0.25, 0.3) is 0 Å². The zero-order valence-electron chi connectivity index (χ0n) is 10.1. The second-order valence-corrected chi connectivity index (χ2v) is 4.37. The summed E-state index contributed by atoms with van der Waals surface area (Å²) in [5, 5.41) is 4.20. The average Bonchev–Trinajstić information content (AvgIpc) is 2.26. The normalized spacial score (nSPS) is 18.9. The minimum Gasteiger partial charge on any atom is -0.396 e. The first-order chi connectivity index (χ1) is 7.83. The van der Waals surface area contributed by atoms with Crippen LogP contribution in [-0.2, 0) is 11.3 Å². The fourth-order valence-corrected chi connectivity index (χ4v) is 2.05. The number of nitrogens with zero attached hydrogens (tertiary/aromatic N) is 1. The van der Waals surface area contributed by atoms with E-state index in [2.05, 4.69) is 43.3 Å². The molecular weight excluding hydrogens is 198 g/mol. The van der Waals surface area contributed by atoms with Crippen molar-refractivity contribution in [1.82, 2.24) is 0 Å². The fourth-order valence-electron chi connectivity index (χ4n) is 2.05. The van der Waals surface area contributed by atoms with Gasteiger partial charge in [-0.3, -0.25) is 0 Å². The molecule has 2 rings (SSSR count). The van der Waals surface area contributed by atoms with E-state index in [1.54, 1.807) is 0 Å². The number of rotatable bonds is 5. The van der Waals surface area contributed by atoms with Gasteiger partial charge in [0.15, 0.2) is 0 Å². The third kappa shape index (κ3) is 2.26. The molecule has 0 aliphatic heterocycles. The Hall–Kier alpha value is -1.31. The second-order valence-electron chi connectivity index (χ2n) is 4.37. The summed E-state index contributed by atoms with van der Waals surface area (Å²) in [7, 11) is 0. The van der Waals surface area contributed by atoms with Crippen LogP contribution in [0.5, 0.6) is 0 Å². The molecule has 0 radical (unpaired) electrons. The van der Waals surface area contributed by atoms with E-state index in [0.29, 0.717) is 5.92 Å². The molecule has 1 aliphatic rings. The van der Waals surface area contributed by atoms with E-state index in [1.807, 2.05) is 0 Å². The Balaban J connectivity index is 1.91. The zero-order valence-corrected chi connectivity index (χ0v) is 10.1. The molecule has 1 unspecified atom stereocenters. The number of hydrogen-bond donors (Lipinski definition) is 0. The second kappa shape index (κ2) is 5.15. The highest BCUT2D eigenvalue weighted by atomic mass is 16.6. The lowest BCUT2D eigenvalue weighted by molar-refractivity contribution is 0.140. The predicted octanol–water partition coefficient (Wildman–Crippen LogP) is 3.52. The van der Waals surface area contributed by atoms with E-state index in [-0.39, 0.29) is 0 Å². The maximum Gasteiger partial charge on any atom is 0.117 e. The van der Waals surface area contributed by atoms with Crippen LogP contribution < -0.4 is 0 Å². The van der Waals surface area contributed by atoms with Crippen molar-refractivity contribution < 1.29 is 4.84 Å². The standard InChI is InChI=1S/C14H19NO/c1-3-4-9-16-15-11(2)14-10-12-7-5-6-8-13(12)14/h5-8,14H,3-4,9-10H2,1-2H3. The SMILES string of the molecule is CCCCON=C(C)C1Cc2ccccc21.